The number of nitro groups is 1. The first-order chi connectivity index (χ1) is 10.0. The molecule has 1 fully saturated rings. The van der Waals surface area contributed by atoms with Crippen LogP contribution < -0.4 is 11.1 Å². The molecule has 1 heterocycles. The van der Waals surface area contributed by atoms with Crippen LogP contribution in [0.2, 0.25) is 0 Å². The van der Waals surface area contributed by atoms with Gasteiger partial charge in [-0.3, -0.25) is 4.79 Å². The summed E-state index contributed by atoms with van der Waals surface area (Å²) in [6.45, 7) is 2.67. The minimum absolute atomic E-state index is 0. The van der Waals surface area contributed by atoms with E-state index >= 15 is 0 Å². The Balaban J connectivity index is 0.00000242. The van der Waals surface area contributed by atoms with Crippen LogP contribution in [0.3, 0.4) is 0 Å². The normalized spacial score (nSPS) is 20.5. The molecule has 1 aliphatic carbocycles. The quantitative estimate of drug-likeness (QED) is 0.599. The van der Waals surface area contributed by atoms with Crippen molar-refractivity contribution in [2.45, 2.75) is 45.2 Å². The highest BCUT2D eigenvalue weighted by atomic mass is 35.5. The van der Waals surface area contributed by atoms with E-state index in [0.29, 0.717) is 24.8 Å². The van der Waals surface area contributed by atoms with Crippen molar-refractivity contribution in [1.82, 2.24) is 14.9 Å². The predicted octanol–water partition coefficient (Wildman–Crippen LogP) is 1.16. The first-order valence-corrected chi connectivity index (χ1v) is 7.19. The fourth-order valence-corrected chi connectivity index (χ4v) is 2.82. The summed E-state index contributed by atoms with van der Waals surface area (Å²) < 4.78 is 1.63. The molecule has 1 aliphatic rings. The fraction of sp³-hybridized carbons (Fsp3) is 0.692. The number of nitrogens with one attached hydrogen (secondary N) is 1. The number of halogens is 1. The first-order valence-electron chi connectivity index (χ1n) is 7.19. The Labute approximate surface area is 135 Å². The number of amides is 1. The van der Waals surface area contributed by atoms with Gasteiger partial charge in [-0.15, -0.1) is 12.4 Å². The summed E-state index contributed by atoms with van der Waals surface area (Å²) in [4.78, 5) is 25.9. The molecule has 1 saturated carbocycles. The lowest BCUT2D eigenvalue weighted by Crippen LogP contribution is -2.40. The highest BCUT2D eigenvalue weighted by molar-refractivity contribution is 5.85. The molecule has 1 aromatic rings. The smallest absolute Gasteiger partial charge is 0.358 e. The molecule has 0 saturated heterocycles. The zero-order valence-corrected chi connectivity index (χ0v) is 13.3. The Kier molecular flexibility index (Phi) is 6.76. The van der Waals surface area contributed by atoms with Crippen LogP contribution >= 0.6 is 12.4 Å². The number of hydrogen-bond acceptors (Lipinski definition) is 5. The van der Waals surface area contributed by atoms with E-state index in [9.17, 15) is 14.9 Å². The van der Waals surface area contributed by atoms with Gasteiger partial charge in [0.2, 0.25) is 11.7 Å². The number of carbonyl (C=O) groups excluding carboxylic acids is 1. The molecule has 2 rings (SSSR count). The van der Waals surface area contributed by atoms with Gasteiger partial charge in [0.15, 0.2) is 0 Å². The Morgan fingerprint density at radius 2 is 2.32 bits per heavy atom. The van der Waals surface area contributed by atoms with E-state index < -0.39 is 4.92 Å². The molecule has 0 radical (unpaired) electrons. The minimum atomic E-state index is -0.534. The Hall–Kier alpha value is -1.67. The molecule has 2 atom stereocenters. The number of nitrogens with two attached hydrogens (primary N) is 1. The number of rotatable bonds is 6. The fourth-order valence-electron chi connectivity index (χ4n) is 2.82. The monoisotopic (exact) mass is 331 g/mol. The van der Waals surface area contributed by atoms with Crippen molar-refractivity contribution in [3.63, 3.8) is 0 Å². The molecule has 22 heavy (non-hydrogen) atoms. The lowest BCUT2D eigenvalue weighted by Gasteiger charge is -2.19. The molecule has 3 N–H and O–H groups in total. The lowest BCUT2D eigenvalue weighted by atomic mass is 10.0. The molecule has 1 aromatic heterocycles. The SMILES string of the molecule is Cc1nc([N+](=O)[O-])cn1CCC(=O)NC1CCCC1CN.Cl. The molecule has 0 spiro atoms. The van der Waals surface area contributed by atoms with E-state index in [4.69, 9.17) is 5.73 Å². The molecule has 124 valence electrons. The van der Waals surface area contributed by atoms with Gasteiger partial charge in [-0.05, 0) is 35.2 Å². The molecule has 0 bridgehead atoms. The molecular weight excluding hydrogens is 310 g/mol. The molecule has 9 heteroatoms. The second-order valence-corrected chi connectivity index (χ2v) is 5.45. The van der Waals surface area contributed by atoms with Crippen molar-refractivity contribution < 1.29 is 9.72 Å². The summed E-state index contributed by atoms with van der Waals surface area (Å²) in [6, 6.07) is 0.167. The van der Waals surface area contributed by atoms with Gasteiger partial charge < -0.3 is 25.7 Å². The average Bonchev–Trinajstić information content (AvgIpc) is 3.03. The third kappa shape index (κ3) is 4.41. The summed E-state index contributed by atoms with van der Waals surface area (Å²) in [6.07, 6.45) is 4.78. The van der Waals surface area contributed by atoms with E-state index in [0.717, 1.165) is 19.3 Å². The average molecular weight is 332 g/mol. The van der Waals surface area contributed by atoms with E-state index in [-0.39, 0.29) is 36.6 Å². The molecule has 1 amide bonds. The van der Waals surface area contributed by atoms with Gasteiger partial charge in [-0.2, -0.15) is 0 Å². The predicted molar refractivity (Wildman–Crippen MR) is 83.8 cm³/mol. The third-order valence-corrected chi connectivity index (χ3v) is 4.04. The second kappa shape index (κ2) is 8.09. The van der Waals surface area contributed by atoms with Crippen LogP contribution in [0.5, 0.6) is 0 Å². The topological polar surface area (TPSA) is 116 Å². The maximum absolute atomic E-state index is 12.0. The standard InChI is InChI=1S/C13H21N5O3.ClH/c1-9-15-12(18(20)21)8-17(9)6-5-13(19)16-11-4-2-3-10(11)7-14;/h8,10-11H,2-7,14H2,1H3,(H,16,19);1H. The zero-order valence-electron chi connectivity index (χ0n) is 12.5. The lowest BCUT2D eigenvalue weighted by molar-refractivity contribution is -0.389. The van der Waals surface area contributed by atoms with Gasteiger partial charge >= 0.3 is 5.82 Å². The number of aromatic nitrogens is 2. The second-order valence-electron chi connectivity index (χ2n) is 5.45. The van der Waals surface area contributed by atoms with Gasteiger partial charge in [0, 0.05) is 25.9 Å². The molecular formula is C13H22ClN5O3. The number of imidazole rings is 1. The zero-order chi connectivity index (χ0) is 15.4. The van der Waals surface area contributed by atoms with E-state index in [2.05, 4.69) is 10.3 Å². The van der Waals surface area contributed by atoms with Gasteiger partial charge in [-0.25, -0.2) is 0 Å². The first kappa shape index (κ1) is 18.4. The van der Waals surface area contributed by atoms with Crippen LogP contribution in [0.4, 0.5) is 5.82 Å². The number of nitrogens with zero attached hydrogens (tertiary/aromatic N) is 3. The van der Waals surface area contributed by atoms with Crippen LogP contribution in [0.1, 0.15) is 31.5 Å². The molecule has 0 aliphatic heterocycles. The van der Waals surface area contributed by atoms with Gasteiger partial charge in [0.05, 0.1) is 0 Å². The van der Waals surface area contributed by atoms with Gasteiger partial charge in [0.25, 0.3) is 0 Å². The van der Waals surface area contributed by atoms with Crippen LogP contribution in [0, 0.1) is 23.0 Å². The van der Waals surface area contributed by atoms with Crippen LogP contribution in [0.15, 0.2) is 6.20 Å². The van der Waals surface area contributed by atoms with Crippen molar-refractivity contribution >= 4 is 24.1 Å². The summed E-state index contributed by atoms with van der Waals surface area (Å²) in [7, 11) is 0. The van der Waals surface area contributed by atoms with Crippen molar-refractivity contribution in [3.05, 3.63) is 22.1 Å². The Morgan fingerprint density at radius 3 is 2.91 bits per heavy atom. The molecule has 8 nitrogen and oxygen atoms in total. The van der Waals surface area contributed by atoms with Crippen molar-refractivity contribution in [2.24, 2.45) is 11.7 Å². The minimum Gasteiger partial charge on any atom is -0.358 e. The number of aryl methyl sites for hydroxylation is 2. The summed E-state index contributed by atoms with van der Waals surface area (Å²) in [5.41, 5.74) is 5.69. The largest absolute Gasteiger partial charge is 0.381 e. The Bertz CT molecular complexity index is 534. The maximum Gasteiger partial charge on any atom is 0.381 e. The molecule has 2 unspecified atom stereocenters. The number of carbonyl (C=O) groups is 1. The highest BCUT2D eigenvalue weighted by Gasteiger charge is 2.27. The summed E-state index contributed by atoms with van der Waals surface area (Å²) in [5.74, 6) is 0.670. The van der Waals surface area contributed by atoms with E-state index in [1.807, 2.05) is 0 Å². The third-order valence-electron chi connectivity index (χ3n) is 4.04. The van der Waals surface area contributed by atoms with Crippen LogP contribution in [0.25, 0.3) is 0 Å². The molecule has 0 aromatic carbocycles. The highest BCUT2D eigenvalue weighted by Crippen LogP contribution is 2.24. The van der Waals surface area contributed by atoms with Gasteiger partial charge in [-0.1, -0.05) is 6.42 Å². The van der Waals surface area contributed by atoms with Crippen LogP contribution in [-0.4, -0.2) is 33.0 Å². The Morgan fingerprint density at radius 1 is 1.59 bits per heavy atom. The van der Waals surface area contributed by atoms with Crippen molar-refractivity contribution in [2.75, 3.05) is 6.54 Å². The van der Waals surface area contributed by atoms with Crippen LogP contribution in [-0.2, 0) is 11.3 Å². The van der Waals surface area contributed by atoms with Crippen molar-refractivity contribution in [3.8, 4) is 0 Å². The number of hydrogen-bond donors (Lipinski definition) is 2. The van der Waals surface area contributed by atoms with E-state index in [1.54, 1.807) is 11.5 Å². The summed E-state index contributed by atoms with van der Waals surface area (Å²) in [5, 5.41) is 13.7. The maximum atomic E-state index is 12.0. The summed E-state index contributed by atoms with van der Waals surface area (Å²) >= 11 is 0. The van der Waals surface area contributed by atoms with Crippen molar-refractivity contribution in [1.29, 1.82) is 0 Å². The van der Waals surface area contributed by atoms with Gasteiger partial charge in [0.1, 0.15) is 6.20 Å². The van der Waals surface area contributed by atoms with E-state index in [1.165, 1.54) is 6.20 Å².